The summed E-state index contributed by atoms with van der Waals surface area (Å²) in [6.07, 6.45) is 2.99. The molecule has 7 heteroatoms. The van der Waals surface area contributed by atoms with Gasteiger partial charge in [0.2, 0.25) is 11.2 Å². The molecule has 2 aromatic carbocycles. The van der Waals surface area contributed by atoms with Crippen molar-refractivity contribution in [1.29, 1.82) is 0 Å². The third kappa shape index (κ3) is 3.63. The maximum atomic E-state index is 12.3. The van der Waals surface area contributed by atoms with Crippen molar-refractivity contribution in [2.75, 3.05) is 13.1 Å². The van der Waals surface area contributed by atoms with E-state index < -0.39 is 28.2 Å². The zero-order valence-corrected chi connectivity index (χ0v) is 14.4. The first-order valence-corrected chi connectivity index (χ1v) is 8.50. The van der Waals surface area contributed by atoms with Crippen molar-refractivity contribution < 1.29 is 24.5 Å². The Hall–Kier alpha value is -3.32. The smallest absolute Gasteiger partial charge is 0.238 e. The number of fused-ring (bicyclic) bond motifs is 1. The first-order valence-electron chi connectivity index (χ1n) is 8.50. The lowest BCUT2D eigenvalue weighted by Crippen LogP contribution is -2.04. The Labute approximate surface area is 154 Å². The minimum Gasteiger partial charge on any atom is -0.507 e. The summed E-state index contributed by atoms with van der Waals surface area (Å²) in [5, 5.41) is 32.5. The summed E-state index contributed by atoms with van der Waals surface area (Å²) in [6, 6.07) is 9.46. The van der Waals surface area contributed by atoms with Gasteiger partial charge in [-0.3, -0.25) is 9.59 Å². The molecule has 1 aromatic heterocycles. The number of carbonyl (C=O) groups is 1. The largest absolute Gasteiger partial charge is 0.507 e. The molecular weight excluding hydrogens is 350 g/mol. The number of rotatable bonds is 2. The molecule has 0 amide bonds. The number of benzene rings is 2. The molecule has 0 saturated carbocycles. The van der Waals surface area contributed by atoms with Crippen LogP contribution < -0.4 is 10.7 Å². The lowest BCUT2D eigenvalue weighted by atomic mass is 10.1. The van der Waals surface area contributed by atoms with Crippen LogP contribution in [0.25, 0.3) is 22.3 Å². The normalized spacial score (nSPS) is 13.2. The molecule has 3 aromatic rings. The average Bonchev–Trinajstić information content (AvgIpc) is 3.25. The van der Waals surface area contributed by atoms with Gasteiger partial charge in [-0.1, -0.05) is 30.3 Å². The number of phenols is 2. The molecule has 0 aliphatic carbocycles. The van der Waals surface area contributed by atoms with Crippen LogP contribution in [0.4, 0.5) is 0 Å². The maximum absolute atomic E-state index is 12.3. The van der Waals surface area contributed by atoms with E-state index in [1.165, 1.54) is 25.9 Å². The number of nitrogens with one attached hydrogen (secondary N) is 1. The molecular formula is C20H19NO6. The molecule has 1 aliphatic rings. The number of aldehydes is 1. The lowest BCUT2D eigenvalue weighted by Gasteiger charge is -2.09. The van der Waals surface area contributed by atoms with E-state index in [1.807, 2.05) is 0 Å². The van der Waals surface area contributed by atoms with Crippen molar-refractivity contribution in [3.63, 3.8) is 0 Å². The fourth-order valence-electron chi connectivity index (χ4n) is 2.85. The van der Waals surface area contributed by atoms with E-state index in [4.69, 9.17) is 4.42 Å². The van der Waals surface area contributed by atoms with Crippen LogP contribution in [0.15, 0.2) is 45.6 Å². The van der Waals surface area contributed by atoms with Crippen LogP contribution in [0.5, 0.6) is 17.2 Å². The molecule has 1 fully saturated rings. The van der Waals surface area contributed by atoms with E-state index in [0.717, 1.165) is 6.07 Å². The van der Waals surface area contributed by atoms with Gasteiger partial charge in [0.25, 0.3) is 0 Å². The molecule has 2 heterocycles. The van der Waals surface area contributed by atoms with Gasteiger partial charge in [-0.25, -0.2) is 0 Å². The highest BCUT2D eigenvalue weighted by molar-refractivity contribution is 5.97. The van der Waals surface area contributed by atoms with Crippen LogP contribution in [0.2, 0.25) is 0 Å². The Morgan fingerprint density at radius 1 is 1.00 bits per heavy atom. The van der Waals surface area contributed by atoms with E-state index in [0.29, 0.717) is 5.56 Å². The second-order valence-electron chi connectivity index (χ2n) is 6.08. The number of hydrogen-bond donors (Lipinski definition) is 4. The summed E-state index contributed by atoms with van der Waals surface area (Å²) < 4.78 is 5.43. The monoisotopic (exact) mass is 369 g/mol. The Morgan fingerprint density at radius 2 is 1.67 bits per heavy atom. The molecule has 1 saturated heterocycles. The summed E-state index contributed by atoms with van der Waals surface area (Å²) >= 11 is 0. The highest BCUT2D eigenvalue weighted by atomic mass is 16.4. The Morgan fingerprint density at radius 3 is 2.22 bits per heavy atom. The standard InChI is InChI=1S/C16H10O6.C4H9N/c17-7-9-10(18)6-11-12(13(9)19)14(20)15(21)16(22-11)8-4-2-1-3-5-8;1-2-4-5-3-1/h1-7,18-19,21H;5H,1-4H2. The second kappa shape index (κ2) is 7.92. The SMILES string of the molecule is C1CCNC1.O=Cc1c(O)cc2oc(-c3ccccc3)c(O)c(=O)c2c1O. The number of hydrogen-bond acceptors (Lipinski definition) is 7. The van der Waals surface area contributed by atoms with Crippen LogP contribution in [0, 0.1) is 0 Å². The third-order valence-corrected chi connectivity index (χ3v) is 4.26. The fourth-order valence-corrected chi connectivity index (χ4v) is 2.85. The number of phenolic OH excluding ortho intramolecular Hbond substituents is 2. The summed E-state index contributed by atoms with van der Waals surface area (Å²) in [7, 11) is 0. The van der Waals surface area contributed by atoms with Crippen molar-refractivity contribution in [2.24, 2.45) is 0 Å². The van der Waals surface area contributed by atoms with Crippen LogP contribution in [-0.4, -0.2) is 34.7 Å². The van der Waals surface area contributed by atoms with Crippen LogP contribution >= 0.6 is 0 Å². The Balaban J connectivity index is 0.000000364. The van der Waals surface area contributed by atoms with Gasteiger partial charge in [0.15, 0.2) is 12.0 Å². The molecule has 0 bridgehead atoms. The van der Waals surface area contributed by atoms with Crippen molar-refractivity contribution in [3.05, 3.63) is 52.2 Å². The van der Waals surface area contributed by atoms with E-state index >= 15 is 0 Å². The summed E-state index contributed by atoms with van der Waals surface area (Å²) in [4.78, 5) is 23.1. The third-order valence-electron chi connectivity index (χ3n) is 4.26. The van der Waals surface area contributed by atoms with Gasteiger partial charge in [-0.05, 0) is 25.9 Å². The molecule has 1 aliphatic heterocycles. The van der Waals surface area contributed by atoms with E-state index in [9.17, 15) is 24.9 Å². The van der Waals surface area contributed by atoms with Gasteiger partial charge >= 0.3 is 0 Å². The van der Waals surface area contributed by atoms with Crippen molar-refractivity contribution in [1.82, 2.24) is 5.32 Å². The van der Waals surface area contributed by atoms with E-state index in [1.54, 1.807) is 30.3 Å². The minimum atomic E-state index is -0.888. The zero-order valence-electron chi connectivity index (χ0n) is 14.4. The highest BCUT2D eigenvalue weighted by Gasteiger charge is 2.21. The van der Waals surface area contributed by atoms with Crippen LogP contribution in [-0.2, 0) is 0 Å². The van der Waals surface area contributed by atoms with Gasteiger partial charge in [0, 0.05) is 11.6 Å². The van der Waals surface area contributed by atoms with Crippen molar-refractivity contribution in [3.8, 4) is 28.6 Å². The number of carbonyl (C=O) groups excluding carboxylic acids is 1. The lowest BCUT2D eigenvalue weighted by molar-refractivity contribution is 0.111. The van der Waals surface area contributed by atoms with Crippen molar-refractivity contribution in [2.45, 2.75) is 12.8 Å². The van der Waals surface area contributed by atoms with Gasteiger partial charge in [0.05, 0.1) is 5.56 Å². The molecule has 0 radical (unpaired) electrons. The Bertz CT molecular complexity index is 1010. The molecule has 140 valence electrons. The van der Waals surface area contributed by atoms with Crippen molar-refractivity contribution >= 4 is 17.3 Å². The zero-order chi connectivity index (χ0) is 19.4. The summed E-state index contributed by atoms with van der Waals surface area (Å²) in [5.74, 6) is -2.02. The van der Waals surface area contributed by atoms with Gasteiger partial charge in [0.1, 0.15) is 22.5 Å². The first-order chi connectivity index (χ1) is 13.0. The molecule has 27 heavy (non-hydrogen) atoms. The van der Waals surface area contributed by atoms with Gasteiger partial charge in [-0.15, -0.1) is 0 Å². The second-order valence-corrected chi connectivity index (χ2v) is 6.08. The number of aromatic hydroxyl groups is 3. The first kappa shape index (κ1) is 18.5. The molecule has 4 rings (SSSR count). The maximum Gasteiger partial charge on any atom is 0.238 e. The van der Waals surface area contributed by atoms with E-state index in [2.05, 4.69) is 5.32 Å². The Kier molecular flexibility index (Phi) is 5.42. The molecule has 4 N–H and O–H groups in total. The summed E-state index contributed by atoms with van der Waals surface area (Å²) in [5.41, 5.74) is -1.01. The molecule has 7 nitrogen and oxygen atoms in total. The average molecular weight is 369 g/mol. The van der Waals surface area contributed by atoms with Gasteiger partial charge < -0.3 is 25.1 Å². The van der Waals surface area contributed by atoms with E-state index in [-0.39, 0.29) is 23.0 Å². The molecule has 0 unspecified atom stereocenters. The fraction of sp³-hybridized carbons (Fsp3) is 0.200. The van der Waals surface area contributed by atoms with Crippen LogP contribution in [0.3, 0.4) is 0 Å². The summed E-state index contributed by atoms with van der Waals surface area (Å²) in [6.45, 7) is 2.50. The molecule has 0 atom stereocenters. The topological polar surface area (TPSA) is 120 Å². The molecule has 0 spiro atoms. The van der Waals surface area contributed by atoms with Gasteiger partial charge in [-0.2, -0.15) is 0 Å². The predicted octanol–water partition coefficient (Wildman–Crippen LogP) is 2.76. The van der Waals surface area contributed by atoms with Crippen LogP contribution in [0.1, 0.15) is 23.2 Å². The quantitative estimate of drug-likeness (QED) is 0.513. The predicted molar refractivity (Wildman–Crippen MR) is 100 cm³/mol. The highest BCUT2D eigenvalue weighted by Crippen LogP contribution is 2.37. The minimum absolute atomic E-state index is 0.0873.